The largest absolute Gasteiger partial charge is 0.255 e. The molecule has 1 rings (SSSR count). The Hall–Kier alpha value is -0.0800. The molecule has 0 saturated carbocycles. The number of hydrazine groups is 1. The molecule has 0 radical (unpaired) electrons. The molecule has 2 nitrogen and oxygen atoms in total. The fraction of sp³-hybridized carbons (Fsp3) is 1.00. The van der Waals surface area contributed by atoms with Crippen molar-refractivity contribution in [3.8, 4) is 0 Å². The Morgan fingerprint density at radius 2 is 2.43 bits per heavy atom. The standard InChI is InChI=1S/C5H12N2/c1-5-3-6-7(2)4-5/h5-6H,3-4H2,1-2H3. The summed E-state index contributed by atoms with van der Waals surface area (Å²) in [6, 6.07) is 0. The van der Waals surface area contributed by atoms with Gasteiger partial charge < -0.3 is 0 Å². The Bertz CT molecular complexity index is 55.1. The first-order chi connectivity index (χ1) is 3.29. The van der Waals surface area contributed by atoms with Crippen molar-refractivity contribution in [1.29, 1.82) is 0 Å². The minimum absolute atomic E-state index is 0.838. The summed E-state index contributed by atoms with van der Waals surface area (Å²) in [6.07, 6.45) is 0. The highest BCUT2D eigenvalue weighted by Gasteiger charge is 2.12. The lowest BCUT2D eigenvalue weighted by atomic mass is 10.2. The normalized spacial score (nSPS) is 34.3. The molecule has 1 fully saturated rings. The Kier molecular flexibility index (Phi) is 1.30. The molecule has 1 N–H and O–H groups in total. The molecule has 7 heavy (non-hydrogen) atoms. The monoisotopic (exact) mass is 100 g/mol. The lowest BCUT2D eigenvalue weighted by Gasteiger charge is -2.03. The third kappa shape index (κ3) is 1.14. The summed E-state index contributed by atoms with van der Waals surface area (Å²) in [5.41, 5.74) is 3.20. The number of hydrogen-bond acceptors (Lipinski definition) is 2. The third-order valence-electron chi connectivity index (χ3n) is 1.30. The second-order valence-electron chi connectivity index (χ2n) is 2.35. The zero-order valence-electron chi connectivity index (χ0n) is 4.94. The van der Waals surface area contributed by atoms with Gasteiger partial charge in [0.05, 0.1) is 0 Å². The van der Waals surface area contributed by atoms with Gasteiger partial charge in [0, 0.05) is 20.1 Å². The van der Waals surface area contributed by atoms with Crippen molar-refractivity contribution in [3.05, 3.63) is 0 Å². The lowest BCUT2D eigenvalue weighted by molar-refractivity contribution is 0.311. The topological polar surface area (TPSA) is 15.3 Å². The summed E-state index contributed by atoms with van der Waals surface area (Å²) < 4.78 is 0. The lowest BCUT2D eigenvalue weighted by Crippen LogP contribution is -2.25. The Morgan fingerprint density at radius 3 is 2.57 bits per heavy atom. The maximum atomic E-state index is 3.20. The predicted molar refractivity (Wildman–Crippen MR) is 29.8 cm³/mol. The van der Waals surface area contributed by atoms with Gasteiger partial charge in [-0.15, -0.1) is 0 Å². The SMILES string of the molecule is CC1CNN(C)C1. The van der Waals surface area contributed by atoms with Crippen molar-refractivity contribution in [2.24, 2.45) is 5.92 Å². The quantitative estimate of drug-likeness (QED) is 0.463. The second kappa shape index (κ2) is 1.80. The second-order valence-corrected chi connectivity index (χ2v) is 2.35. The van der Waals surface area contributed by atoms with E-state index in [0.29, 0.717) is 0 Å². The van der Waals surface area contributed by atoms with E-state index in [2.05, 4.69) is 24.4 Å². The van der Waals surface area contributed by atoms with Crippen LogP contribution in [0.2, 0.25) is 0 Å². The summed E-state index contributed by atoms with van der Waals surface area (Å²) in [7, 11) is 2.07. The molecule has 0 aliphatic carbocycles. The van der Waals surface area contributed by atoms with E-state index in [4.69, 9.17) is 0 Å². The average Bonchev–Trinajstić information content (AvgIpc) is 1.87. The Morgan fingerprint density at radius 1 is 1.71 bits per heavy atom. The van der Waals surface area contributed by atoms with Crippen LogP contribution in [0, 0.1) is 5.92 Å². The smallest absolute Gasteiger partial charge is 0.0166 e. The van der Waals surface area contributed by atoms with Gasteiger partial charge in [-0.1, -0.05) is 6.92 Å². The van der Waals surface area contributed by atoms with Gasteiger partial charge in [0.25, 0.3) is 0 Å². The molecule has 1 atom stereocenters. The first-order valence-corrected chi connectivity index (χ1v) is 2.73. The van der Waals surface area contributed by atoms with E-state index in [1.54, 1.807) is 0 Å². The summed E-state index contributed by atoms with van der Waals surface area (Å²) in [5, 5.41) is 2.13. The Labute approximate surface area is 44.5 Å². The van der Waals surface area contributed by atoms with Gasteiger partial charge in [-0.05, 0) is 5.92 Å². The van der Waals surface area contributed by atoms with Crippen LogP contribution in [-0.2, 0) is 0 Å². The van der Waals surface area contributed by atoms with Gasteiger partial charge in [0.1, 0.15) is 0 Å². The summed E-state index contributed by atoms with van der Waals surface area (Å²) in [4.78, 5) is 0. The molecule has 0 spiro atoms. The zero-order valence-corrected chi connectivity index (χ0v) is 4.94. The van der Waals surface area contributed by atoms with Crippen molar-refractivity contribution in [2.75, 3.05) is 20.1 Å². The number of hydrogen-bond donors (Lipinski definition) is 1. The molecule has 1 aliphatic heterocycles. The van der Waals surface area contributed by atoms with Gasteiger partial charge in [-0.25, -0.2) is 5.01 Å². The van der Waals surface area contributed by atoms with Gasteiger partial charge in [-0.3, -0.25) is 5.43 Å². The molecule has 1 heterocycles. The van der Waals surface area contributed by atoms with E-state index in [9.17, 15) is 0 Å². The zero-order chi connectivity index (χ0) is 5.28. The van der Waals surface area contributed by atoms with E-state index in [-0.39, 0.29) is 0 Å². The highest BCUT2D eigenvalue weighted by Crippen LogP contribution is 2.00. The molecule has 2 heteroatoms. The van der Waals surface area contributed by atoms with Gasteiger partial charge in [-0.2, -0.15) is 0 Å². The molecule has 0 aromatic carbocycles. The van der Waals surface area contributed by atoms with Crippen LogP contribution in [0.1, 0.15) is 6.92 Å². The molecule has 1 saturated heterocycles. The molecule has 0 bridgehead atoms. The maximum absolute atomic E-state index is 3.20. The van der Waals surface area contributed by atoms with Gasteiger partial charge >= 0.3 is 0 Å². The number of nitrogens with zero attached hydrogens (tertiary/aromatic N) is 1. The highest BCUT2D eigenvalue weighted by atomic mass is 15.5. The minimum atomic E-state index is 0.838. The van der Waals surface area contributed by atoms with Gasteiger partial charge in [0.15, 0.2) is 0 Å². The average molecular weight is 100 g/mol. The van der Waals surface area contributed by atoms with Crippen molar-refractivity contribution in [2.45, 2.75) is 6.92 Å². The van der Waals surface area contributed by atoms with Crippen LogP contribution in [-0.4, -0.2) is 25.1 Å². The molecule has 0 aromatic rings. The van der Waals surface area contributed by atoms with E-state index < -0.39 is 0 Å². The van der Waals surface area contributed by atoms with Crippen molar-refractivity contribution < 1.29 is 0 Å². The van der Waals surface area contributed by atoms with E-state index in [0.717, 1.165) is 12.5 Å². The molecule has 42 valence electrons. The Balaban J connectivity index is 2.26. The first kappa shape index (κ1) is 5.06. The van der Waals surface area contributed by atoms with Crippen LogP contribution in [0.4, 0.5) is 0 Å². The van der Waals surface area contributed by atoms with E-state index >= 15 is 0 Å². The molecular formula is C5H12N2. The van der Waals surface area contributed by atoms with Crippen LogP contribution < -0.4 is 5.43 Å². The first-order valence-electron chi connectivity index (χ1n) is 2.73. The number of nitrogens with one attached hydrogen (secondary N) is 1. The molecule has 1 aliphatic rings. The van der Waals surface area contributed by atoms with Crippen LogP contribution in [0.5, 0.6) is 0 Å². The van der Waals surface area contributed by atoms with Crippen molar-refractivity contribution in [1.82, 2.24) is 10.4 Å². The molecular weight excluding hydrogens is 88.1 g/mol. The van der Waals surface area contributed by atoms with Crippen LogP contribution >= 0.6 is 0 Å². The molecule has 1 unspecified atom stereocenters. The van der Waals surface area contributed by atoms with Crippen LogP contribution in [0.3, 0.4) is 0 Å². The van der Waals surface area contributed by atoms with Crippen molar-refractivity contribution >= 4 is 0 Å². The summed E-state index contributed by atoms with van der Waals surface area (Å²) in [5.74, 6) is 0.838. The fourth-order valence-electron chi connectivity index (χ4n) is 0.908. The predicted octanol–water partition coefficient (Wildman–Crippen LogP) is 0.0725. The van der Waals surface area contributed by atoms with Crippen LogP contribution in [0.25, 0.3) is 0 Å². The number of rotatable bonds is 0. The van der Waals surface area contributed by atoms with Crippen LogP contribution in [0.15, 0.2) is 0 Å². The van der Waals surface area contributed by atoms with Crippen molar-refractivity contribution in [3.63, 3.8) is 0 Å². The molecule has 0 aromatic heterocycles. The molecule has 0 amide bonds. The fourth-order valence-corrected chi connectivity index (χ4v) is 0.908. The minimum Gasteiger partial charge on any atom is -0.255 e. The van der Waals surface area contributed by atoms with Gasteiger partial charge in [0.2, 0.25) is 0 Å². The highest BCUT2D eigenvalue weighted by molar-refractivity contribution is 4.64. The maximum Gasteiger partial charge on any atom is 0.0166 e. The summed E-state index contributed by atoms with van der Waals surface area (Å²) >= 11 is 0. The van der Waals surface area contributed by atoms with E-state index in [1.165, 1.54) is 6.54 Å². The third-order valence-corrected chi connectivity index (χ3v) is 1.30. The summed E-state index contributed by atoms with van der Waals surface area (Å²) in [6.45, 7) is 4.59. The van der Waals surface area contributed by atoms with E-state index in [1.807, 2.05) is 0 Å².